The van der Waals surface area contributed by atoms with Gasteiger partial charge in [-0.1, -0.05) is 11.6 Å². The van der Waals surface area contributed by atoms with Crippen LogP contribution in [0.5, 0.6) is 0 Å². The smallest absolute Gasteiger partial charge is 0.205 e. The minimum atomic E-state index is -4.53. The van der Waals surface area contributed by atoms with Crippen LogP contribution in [-0.4, -0.2) is 0 Å². The molecule has 6 heteroatoms. The summed E-state index contributed by atoms with van der Waals surface area (Å²) in [7, 11) is 0. The molecule has 1 aromatic carbocycles. The minimum absolute atomic E-state index is 0.471. The lowest BCUT2D eigenvalue weighted by Crippen LogP contribution is -2.06. The maximum Gasteiger partial charge on any atom is 0.417 e. The van der Waals surface area contributed by atoms with Crippen LogP contribution in [0.15, 0.2) is 16.6 Å². The lowest BCUT2D eigenvalue weighted by atomic mass is 10.2. The van der Waals surface area contributed by atoms with Gasteiger partial charge in [-0.15, -0.1) is 0 Å². The second-order valence-corrected chi connectivity index (χ2v) is 3.39. The third-order valence-electron chi connectivity index (χ3n) is 1.34. The van der Waals surface area contributed by atoms with Crippen LogP contribution in [0.25, 0.3) is 0 Å². The van der Waals surface area contributed by atoms with Gasteiger partial charge in [-0.2, -0.15) is 13.2 Å². The molecule has 72 valence electrons. The summed E-state index contributed by atoms with van der Waals surface area (Å²) >= 11 is 7.84. The zero-order valence-corrected chi connectivity index (χ0v) is 8.26. The van der Waals surface area contributed by atoms with Crippen molar-refractivity contribution in [3.05, 3.63) is 33.0 Å². The van der Waals surface area contributed by atoms with Gasteiger partial charge in [0, 0.05) is 0 Å². The van der Waals surface area contributed by atoms with Crippen LogP contribution in [0.1, 0.15) is 5.56 Å². The molecule has 0 nitrogen and oxygen atoms in total. The summed E-state index contributed by atoms with van der Waals surface area (Å²) in [6.07, 6.45) is -4.53. The Bertz CT molecular complexity index is 334. The maximum absolute atomic E-state index is 12.6. The van der Waals surface area contributed by atoms with Crippen molar-refractivity contribution in [2.45, 2.75) is 6.18 Å². The predicted molar refractivity (Wildman–Crippen MR) is 44.1 cm³/mol. The van der Waals surface area contributed by atoms with Crippen LogP contribution in [0, 0.1) is 5.82 Å². The van der Waals surface area contributed by atoms with Crippen molar-refractivity contribution in [1.29, 1.82) is 0 Å². The molecule has 0 N–H and O–H groups in total. The molecule has 0 aliphatic carbocycles. The molecule has 0 unspecified atom stereocenters. The fraction of sp³-hybridized carbons (Fsp3) is 0.143. The Kier molecular flexibility index (Phi) is 2.87. The summed E-state index contributed by atoms with van der Waals surface area (Å²) in [6, 6.07) is 1.31. The number of hydrogen-bond donors (Lipinski definition) is 0. The van der Waals surface area contributed by atoms with Gasteiger partial charge in [0.15, 0.2) is 0 Å². The van der Waals surface area contributed by atoms with E-state index in [-0.39, 0.29) is 0 Å². The molecule has 0 bridgehead atoms. The van der Waals surface area contributed by atoms with E-state index in [1.54, 1.807) is 0 Å². The largest absolute Gasteiger partial charge is 0.417 e. The Hall–Kier alpha value is -0.290. The number of rotatable bonds is 0. The molecule has 0 saturated heterocycles. The van der Waals surface area contributed by atoms with Gasteiger partial charge in [-0.25, -0.2) is 4.39 Å². The first-order valence-electron chi connectivity index (χ1n) is 3.04. The standard InChI is InChI=1S/C7H2BrClF4/c8-5-3(7(11,12)13)1-2-4(10)6(5)9/h1-2H. The molecule has 0 saturated carbocycles. The second-order valence-electron chi connectivity index (χ2n) is 2.22. The topological polar surface area (TPSA) is 0 Å². The zero-order valence-electron chi connectivity index (χ0n) is 5.92. The first-order chi connectivity index (χ1) is 5.84. The maximum atomic E-state index is 12.6. The van der Waals surface area contributed by atoms with Crippen molar-refractivity contribution in [1.82, 2.24) is 0 Å². The van der Waals surface area contributed by atoms with Crippen molar-refractivity contribution >= 4 is 27.5 Å². The molecule has 0 atom stereocenters. The van der Waals surface area contributed by atoms with Gasteiger partial charge < -0.3 is 0 Å². The van der Waals surface area contributed by atoms with Crippen LogP contribution in [0.2, 0.25) is 5.02 Å². The van der Waals surface area contributed by atoms with Crippen molar-refractivity contribution < 1.29 is 17.6 Å². The quantitative estimate of drug-likeness (QED) is 0.491. The lowest BCUT2D eigenvalue weighted by Gasteiger charge is -2.09. The molecule has 0 amide bonds. The molecule has 1 rings (SSSR count). The summed E-state index contributed by atoms with van der Waals surface area (Å²) in [5, 5.41) is -0.560. The van der Waals surface area contributed by atoms with E-state index < -0.39 is 27.1 Å². The highest BCUT2D eigenvalue weighted by molar-refractivity contribution is 9.10. The Labute approximate surface area is 84.6 Å². The molecule has 13 heavy (non-hydrogen) atoms. The fourth-order valence-electron chi connectivity index (χ4n) is 0.745. The summed E-state index contributed by atoms with van der Waals surface area (Å²) in [4.78, 5) is 0. The van der Waals surface area contributed by atoms with Gasteiger partial charge >= 0.3 is 6.18 Å². The summed E-state index contributed by atoms with van der Waals surface area (Å²) in [6.45, 7) is 0. The summed E-state index contributed by atoms with van der Waals surface area (Å²) in [5.74, 6) is -0.887. The van der Waals surface area contributed by atoms with Gasteiger partial charge in [-0.05, 0) is 28.1 Å². The van der Waals surface area contributed by atoms with E-state index in [0.29, 0.717) is 12.1 Å². The predicted octanol–water partition coefficient (Wildman–Crippen LogP) is 4.26. The van der Waals surface area contributed by atoms with E-state index in [1.165, 1.54) is 0 Å². The van der Waals surface area contributed by atoms with Crippen LogP contribution >= 0.6 is 27.5 Å². The van der Waals surface area contributed by atoms with Crippen LogP contribution in [-0.2, 0) is 6.18 Å². The monoisotopic (exact) mass is 276 g/mol. The van der Waals surface area contributed by atoms with Crippen LogP contribution < -0.4 is 0 Å². The lowest BCUT2D eigenvalue weighted by molar-refractivity contribution is -0.138. The third kappa shape index (κ3) is 2.14. The Morgan fingerprint density at radius 2 is 1.77 bits per heavy atom. The fourth-order valence-corrected chi connectivity index (χ4v) is 1.46. The SMILES string of the molecule is Fc1ccc(C(F)(F)F)c(Br)c1Cl. The second kappa shape index (κ2) is 3.46. The summed E-state index contributed by atoms with van der Waals surface area (Å²) in [5.41, 5.74) is -0.987. The Morgan fingerprint density at radius 3 is 2.23 bits per heavy atom. The first-order valence-corrected chi connectivity index (χ1v) is 4.22. The van der Waals surface area contributed by atoms with Gasteiger partial charge in [0.05, 0.1) is 15.1 Å². The first kappa shape index (κ1) is 10.8. The van der Waals surface area contributed by atoms with Crippen molar-refractivity contribution in [3.8, 4) is 0 Å². The van der Waals surface area contributed by atoms with E-state index in [9.17, 15) is 17.6 Å². The van der Waals surface area contributed by atoms with Crippen molar-refractivity contribution in [2.24, 2.45) is 0 Å². The van der Waals surface area contributed by atoms with E-state index in [2.05, 4.69) is 15.9 Å². The Morgan fingerprint density at radius 1 is 1.23 bits per heavy atom. The zero-order chi connectivity index (χ0) is 10.2. The van der Waals surface area contributed by atoms with E-state index >= 15 is 0 Å². The number of hydrogen-bond acceptors (Lipinski definition) is 0. The molecule has 0 aromatic heterocycles. The molecule has 0 heterocycles. The van der Waals surface area contributed by atoms with Gasteiger partial charge in [0.1, 0.15) is 5.82 Å². The highest BCUT2D eigenvalue weighted by Crippen LogP contribution is 2.39. The average molecular weight is 277 g/mol. The van der Waals surface area contributed by atoms with Gasteiger partial charge in [0.25, 0.3) is 0 Å². The van der Waals surface area contributed by atoms with E-state index in [1.807, 2.05) is 0 Å². The van der Waals surface area contributed by atoms with Crippen molar-refractivity contribution in [2.75, 3.05) is 0 Å². The van der Waals surface area contributed by atoms with E-state index in [0.717, 1.165) is 0 Å². The van der Waals surface area contributed by atoms with Crippen molar-refractivity contribution in [3.63, 3.8) is 0 Å². The molecule has 1 aromatic rings. The molecular weight excluding hydrogens is 275 g/mol. The Balaban J connectivity index is 3.35. The highest BCUT2D eigenvalue weighted by atomic mass is 79.9. The summed E-state index contributed by atoms with van der Waals surface area (Å²) < 4.78 is 48.6. The van der Waals surface area contributed by atoms with Crippen LogP contribution in [0.3, 0.4) is 0 Å². The number of alkyl halides is 3. The van der Waals surface area contributed by atoms with Gasteiger partial charge in [0.2, 0.25) is 0 Å². The third-order valence-corrected chi connectivity index (χ3v) is 2.76. The minimum Gasteiger partial charge on any atom is -0.205 e. The average Bonchev–Trinajstić information content (AvgIpc) is 1.98. The number of halogens is 6. The molecule has 0 radical (unpaired) electrons. The highest BCUT2D eigenvalue weighted by Gasteiger charge is 2.34. The normalized spacial score (nSPS) is 11.8. The molecule has 0 spiro atoms. The molecular formula is C7H2BrClF4. The number of benzene rings is 1. The molecule has 0 aliphatic rings. The molecule has 0 aliphatic heterocycles. The van der Waals surface area contributed by atoms with Gasteiger partial charge in [-0.3, -0.25) is 0 Å². The van der Waals surface area contributed by atoms with Crippen LogP contribution in [0.4, 0.5) is 17.6 Å². The van der Waals surface area contributed by atoms with E-state index in [4.69, 9.17) is 11.6 Å². The molecule has 0 fully saturated rings.